The molecule has 0 saturated heterocycles. The average molecular weight is 369 g/mol. The molecule has 7 heteroatoms. The van der Waals surface area contributed by atoms with E-state index in [0.717, 1.165) is 11.1 Å². The van der Waals surface area contributed by atoms with Gasteiger partial charge in [-0.3, -0.25) is 14.4 Å². The van der Waals surface area contributed by atoms with Crippen LogP contribution in [-0.2, 0) is 22.6 Å². The van der Waals surface area contributed by atoms with Gasteiger partial charge in [-0.15, -0.1) is 0 Å². The number of furan rings is 1. The van der Waals surface area contributed by atoms with Gasteiger partial charge in [-0.05, 0) is 37.1 Å². The molecule has 2 aromatic rings. The molecule has 1 atom stereocenters. The van der Waals surface area contributed by atoms with Crippen LogP contribution in [0.1, 0.15) is 35.5 Å². The first-order valence-electron chi connectivity index (χ1n) is 8.94. The average Bonchev–Trinajstić information content (AvgIpc) is 3.18. The molecule has 0 saturated carbocycles. The van der Waals surface area contributed by atoms with Crippen LogP contribution < -0.4 is 10.6 Å². The number of carbonyl (C=O) groups is 3. The Morgan fingerprint density at radius 3 is 2.56 bits per heavy atom. The fraction of sp³-hybridized carbons (Fsp3) is 0.350. The first-order valence-corrected chi connectivity index (χ1v) is 8.94. The second-order valence-electron chi connectivity index (χ2n) is 6.84. The van der Waals surface area contributed by atoms with Crippen molar-refractivity contribution in [1.29, 1.82) is 0 Å². The third-order valence-corrected chi connectivity index (χ3v) is 4.42. The van der Waals surface area contributed by atoms with E-state index in [1.807, 2.05) is 38.1 Å². The predicted molar refractivity (Wildman–Crippen MR) is 98.8 cm³/mol. The zero-order chi connectivity index (χ0) is 19.4. The molecule has 2 N–H and O–H groups in total. The Bertz CT molecular complexity index is 830. The van der Waals surface area contributed by atoms with Gasteiger partial charge in [0.25, 0.3) is 5.91 Å². The van der Waals surface area contributed by atoms with E-state index in [4.69, 9.17) is 4.42 Å². The SMILES string of the molecule is CC(C)NC(=O)CNC(=O)C1Cc2ccccc2CN1C(=O)c1ccco1. The molecule has 0 spiro atoms. The van der Waals surface area contributed by atoms with E-state index >= 15 is 0 Å². The number of carbonyl (C=O) groups excluding carboxylic acids is 3. The molecule has 142 valence electrons. The number of rotatable bonds is 5. The molecule has 0 bridgehead atoms. The second kappa shape index (κ2) is 8.07. The summed E-state index contributed by atoms with van der Waals surface area (Å²) in [7, 11) is 0. The molecule has 1 aliphatic rings. The summed E-state index contributed by atoms with van der Waals surface area (Å²) < 4.78 is 5.22. The van der Waals surface area contributed by atoms with Crippen molar-refractivity contribution < 1.29 is 18.8 Å². The third-order valence-electron chi connectivity index (χ3n) is 4.42. The van der Waals surface area contributed by atoms with Crippen molar-refractivity contribution in [3.8, 4) is 0 Å². The summed E-state index contributed by atoms with van der Waals surface area (Å²) in [5, 5.41) is 5.37. The van der Waals surface area contributed by atoms with Crippen LogP contribution in [0.15, 0.2) is 47.1 Å². The summed E-state index contributed by atoms with van der Waals surface area (Å²) in [6, 6.07) is 10.2. The van der Waals surface area contributed by atoms with Gasteiger partial charge in [0.05, 0.1) is 12.8 Å². The van der Waals surface area contributed by atoms with Gasteiger partial charge in [0.2, 0.25) is 11.8 Å². The zero-order valence-corrected chi connectivity index (χ0v) is 15.4. The van der Waals surface area contributed by atoms with E-state index in [0.29, 0.717) is 13.0 Å². The molecule has 27 heavy (non-hydrogen) atoms. The van der Waals surface area contributed by atoms with Crippen molar-refractivity contribution in [2.75, 3.05) is 6.54 Å². The smallest absolute Gasteiger partial charge is 0.290 e. The minimum absolute atomic E-state index is 0.00649. The van der Waals surface area contributed by atoms with Crippen molar-refractivity contribution in [3.05, 3.63) is 59.5 Å². The highest BCUT2D eigenvalue weighted by Crippen LogP contribution is 2.25. The van der Waals surface area contributed by atoms with Crippen LogP contribution >= 0.6 is 0 Å². The number of hydrogen-bond donors (Lipinski definition) is 2. The quantitative estimate of drug-likeness (QED) is 0.835. The van der Waals surface area contributed by atoms with E-state index in [1.165, 1.54) is 11.2 Å². The maximum atomic E-state index is 12.8. The van der Waals surface area contributed by atoms with Gasteiger partial charge in [0.15, 0.2) is 5.76 Å². The fourth-order valence-electron chi connectivity index (χ4n) is 3.17. The molecule has 1 aromatic heterocycles. The van der Waals surface area contributed by atoms with Crippen molar-refractivity contribution in [2.45, 2.75) is 38.9 Å². The first-order chi connectivity index (χ1) is 13.0. The topological polar surface area (TPSA) is 91.7 Å². The van der Waals surface area contributed by atoms with E-state index in [9.17, 15) is 14.4 Å². The first kappa shape index (κ1) is 18.7. The molecule has 1 aliphatic heterocycles. The third kappa shape index (κ3) is 4.36. The van der Waals surface area contributed by atoms with E-state index in [-0.39, 0.29) is 36.1 Å². The number of fused-ring (bicyclic) bond motifs is 1. The van der Waals surface area contributed by atoms with Crippen molar-refractivity contribution in [2.24, 2.45) is 0 Å². The lowest BCUT2D eigenvalue weighted by Gasteiger charge is -2.35. The van der Waals surface area contributed by atoms with E-state index in [2.05, 4.69) is 10.6 Å². The predicted octanol–water partition coefficient (Wildman–Crippen LogP) is 1.49. The second-order valence-corrected chi connectivity index (χ2v) is 6.84. The number of hydrogen-bond acceptors (Lipinski definition) is 4. The normalized spacial score (nSPS) is 16.0. The lowest BCUT2D eigenvalue weighted by atomic mass is 9.93. The Kier molecular flexibility index (Phi) is 5.59. The van der Waals surface area contributed by atoms with Crippen molar-refractivity contribution in [3.63, 3.8) is 0 Å². The Hall–Kier alpha value is -3.09. The summed E-state index contributed by atoms with van der Waals surface area (Å²) in [5.74, 6) is -0.784. The standard InChI is InChI=1S/C20H23N3O4/c1-13(2)22-18(24)11-21-19(25)16-10-14-6-3-4-7-15(14)12-23(16)20(26)17-8-5-9-27-17/h3-9,13,16H,10-12H2,1-2H3,(H,21,25)(H,22,24). The van der Waals surface area contributed by atoms with Crippen LogP contribution in [0.4, 0.5) is 0 Å². The zero-order valence-electron chi connectivity index (χ0n) is 15.4. The molecule has 0 radical (unpaired) electrons. The molecule has 1 unspecified atom stereocenters. The summed E-state index contributed by atoms with van der Waals surface area (Å²) >= 11 is 0. The van der Waals surface area contributed by atoms with Gasteiger partial charge in [-0.2, -0.15) is 0 Å². The van der Waals surface area contributed by atoms with Crippen LogP contribution in [0, 0.1) is 0 Å². The number of nitrogens with one attached hydrogen (secondary N) is 2. The fourth-order valence-corrected chi connectivity index (χ4v) is 3.17. The van der Waals surface area contributed by atoms with Crippen molar-refractivity contribution in [1.82, 2.24) is 15.5 Å². The molecule has 1 aromatic carbocycles. The van der Waals surface area contributed by atoms with Crippen LogP contribution in [0.5, 0.6) is 0 Å². The van der Waals surface area contributed by atoms with Crippen LogP contribution in [0.2, 0.25) is 0 Å². The van der Waals surface area contributed by atoms with Gasteiger partial charge in [0.1, 0.15) is 6.04 Å². The van der Waals surface area contributed by atoms with Crippen LogP contribution in [0.3, 0.4) is 0 Å². The van der Waals surface area contributed by atoms with E-state index in [1.54, 1.807) is 12.1 Å². The maximum absolute atomic E-state index is 12.8. The van der Waals surface area contributed by atoms with Gasteiger partial charge in [-0.1, -0.05) is 24.3 Å². The van der Waals surface area contributed by atoms with Gasteiger partial charge < -0.3 is 20.0 Å². The molecular weight excluding hydrogens is 346 g/mol. The molecule has 7 nitrogen and oxygen atoms in total. The number of amides is 3. The minimum atomic E-state index is -0.704. The van der Waals surface area contributed by atoms with Crippen LogP contribution in [-0.4, -0.2) is 41.2 Å². The van der Waals surface area contributed by atoms with Crippen molar-refractivity contribution >= 4 is 17.7 Å². The molecule has 3 amide bonds. The Balaban J connectivity index is 1.78. The largest absolute Gasteiger partial charge is 0.459 e. The Morgan fingerprint density at radius 2 is 1.89 bits per heavy atom. The molecular formula is C20H23N3O4. The number of nitrogens with zero attached hydrogens (tertiary/aromatic N) is 1. The summed E-state index contributed by atoms with van der Waals surface area (Å²) in [6.45, 7) is 3.88. The van der Waals surface area contributed by atoms with Crippen LogP contribution in [0.25, 0.3) is 0 Å². The highest BCUT2D eigenvalue weighted by Gasteiger charge is 2.36. The summed E-state index contributed by atoms with van der Waals surface area (Å²) in [4.78, 5) is 38.9. The Labute approximate surface area is 157 Å². The monoisotopic (exact) mass is 369 g/mol. The molecule has 0 aliphatic carbocycles. The highest BCUT2D eigenvalue weighted by molar-refractivity contribution is 5.96. The molecule has 2 heterocycles. The van der Waals surface area contributed by atoms with Gasteiger partial charge >= 0.3 is 0 Å². The summed E-state index contributed by atoms with van der Waals surface area (Å²) in [6.07, 6.45) is 1.82. The lowest BCUT2D eigenvalue weighted by molar-refractivity contribution is -0.129. The minimum Gasteiger partial charge on any atom is -0.459 e. The maximum Gasteiger partial charge on any atom is 0.290 e. The molecule has 3 rings (SSSR count). The van der Waals surface area contributed by atoms with Gasteiger partial charge in [-0.25, -0.2) is 0 Å². The highest BCUT2D eigenvalue weighted by atomic mass is 16.3. The summed E-state index contributed by atoms with van der Waals surface area (Å²) in [5.41, 5.74) is 2.02. The lowest BCUT2D eigenvalue weighted by Crippen LogP contribution is -2.54. The number of benzene rings is 1. The van der Waals surface area contributed by atoms with E-state index < -0.39 is 6.04 Å². The Morgan fingerprint density at radius 1 is 1.15 bits per heavy atom. The molecule has 0 fully saturated rings. The van der Waals surface area contributed by atoms with Gasteiger partial charge in [0, 0.05) is 19.0 Å².